The number of hydrogen-bond donors (Lipinski definition) is 3. The van der Waals surface area contributed by atoms with Gasteiger partial charge in [-0.3, -0.25) is 23.9 Å². The molecule has 3 rings (SSSR count). The number of hydrogen-bond acceptors (Lipinski definition) is 5. The lowest BCUT2D eigenvalue weighted by atomic mass is 10.1. The third kappa shape index (κ3) is 6.69. The third-order valence-corrected chi connectivity index (χ3v) is 5.59. The zero-order valence-corrected chi connectivity index (χ0v) is 19.8. The molecular weight excluding hydrogens is 446 g/mol. The van der Waals surface area contributed by atoms with Crippen LogP contribution in [-0.2, 0) is 17.9 Å². The molecule has 0 aliphatic heterocycles. The largest absolute Gasteiger partial charge is 0.383 e. The van der Waals surface area contributed by atoms with Crippen molar-refractivity contribution in [2.45, 2.75) is 45.7 Å². The Bertz CT molecular complexity index is 1250. The van der Waals surface area contributed by atoms with Crippen molar-refractivity contribution in [3.8, 4) is 0 Å². The molecule has 4 N–H and O–H groups in total. The van der Waals surface area contributed by atoms with Crippen LogP contribution in [0.15, 0.2) is 70.3 Å². The maximum Gasteiger partial charge on any atom is 0.330 e. The minimum atomic E-state index is -0.707. The Morgan fingerprint density at radius 3 is 2.31 bits per heavy atom. The first-order chi connectivity index (χ1) is 16.9. The Hall–Kier alpha value is -4.14. The van der Waals surface area contributed by atoms with Gasteiger partial charge in [0.1, 0.15) is 5.82 Å². The number of nitrogens with zero attached hydrogens (tertiary/aromatic N) is 2. The molecule has 0 radical (unpaired) electrons. The molecular formula is C26H31N5O4. The number of amides is 2. The summed E-state index contributed by atoms with van der Waals surface area (Å²) in [6.45, 7) is 2.73. The molecule has 0 atom stereocenters. The van der Waals surface area contributed by atoms with E-state index in [4.69, 9.17) is 5.73 Å². The van der Waals surface area contributed by atoms with E-state index in [0.29, 0.717) is 31.5 Å². The summed E-state index contributed by atoms with van der Waals surface area (Å²) in [5, 5.41) is 2.80. The monoisotopic (exact) mass is 477 g/mol. The second-order valence-corrected chi connectivity index (χ2v) is 8.19. The zero-order chi connectivity index (χ0) is 25.2. The Balaban J connectivity index is 1.80. The number of carbonyl (C=O) groups is 2. The van der Waals surface area contributed by atoms with Crippen LogP contribution in [0.4, 0.5) is 11.5 Å². The van der Waals surface area contributed by atoms with Gasteiger partial charge in [-0.2, -0.15) is 0 Å². The lowest BCUT2D eigenvalue weighted by Gasteiger charge is -2.25. The molecule has 184 valence electrons. The summed E-state index contributed by atoms with van der Waals surface area (Å²) in [7, 11) is 0. The highest BCUT2D eigenvalue weighted by Crippen LogP contribution is 2.21. The summed E-state index contributed by atoms with van der Waals surface area (Å²) in [4.78, 5) is 54.3. The van der Waals surface area contributed by atoms with Gasteiger partial charge in [0.05, 0.1) is 6.54 Å². The van der Waals surface area contributed by atoms with Crippen molar-refractivity contribution in [2.24, 2.45) is 0 Å². The van der Waals surface area contributed by atoms with E-state index in [9.17, 15) is 19.2 Å². The van der Waals surface area contributed by atoms with Gasteiger partial charge >= 0.3 is 5.69 Å². The molecule has 2 aromatic carbocycles. The van der Waals surface area contributed by atoms with Gasteiger partial charge in [-0.15, -0.1) is 0 Å². The number of benzene rings is 2. The van der Waals surface area contributed by atoms with E-state index in [1.807, 2.05) is 43.3 Å². The number of nitrogens with two attached hydrogens (primary N) is 1. The second kappa shape index (κ2) is 12.4. The Kier molecular flexibility index (Phi) is 9.00. The van der Waals surface area contributed by atoms with Crippen LogP contribution in [0.2, 0.25) is 0 Å². The van der Waals surface area contributed by atoms with Crippen LogP contribution >= 0.6 is 0 Å². The highest BCUT2D eigenvalue weighted by molar-refractivity contribution is 5.96. The molecule has 2 amide bonds. The quantitative estimate of drug-likeness (QED) is 0.366. The molecule has 0 spiro atoms. The molecule has 0 bridgehead atoms. The number of anilines is 2. The van der Waals surface area contributed by atoms with Gasteiger partial charge in [0.25, 0.3) is 11.5 Å². The SMILES string of the molecule is CCCCn1c(N)c(N(Cc2ccccc2)C(=O)CCCNC(=O)c2ccccc2)c(=O)[nH]c1=O. The third-order valence-electron chi connectivity index (χ3n) is 5.59. The molecule has 0 saturated carbocycles. The number of H-pyrrole nitrogens is 1. The minimum absolute atomic E-state index is 0.0335. The molecule has 9 heteroatoms. The number of carbonyl (C=O) groups excluding carboxylic acids is 2. The number of aromatic nitrogens is 2. The van der Waals surface area contributed by atoms with E-state index in [0.717, 1.165) is 12.0 Å². The standard InChI is InChI=1S/C26H31N5O4/c1-2-3-17-30-23(27)22(25(34)29-26(30)35)31(18-19-11-6-4-7-12-19)21(32)15-10-16-28-24(33)20-13-8-5-9-14-20/h4-9,11-14H,2-3,10,15-18,27H2,1H3,(H,28,33)(H,29,34,35). The lowest BCUT2D eigenvalue weighted by molar-refractivity contribution is -0.118. The number of unbranched alkanes of at least 4 members (excludes halogenated alkanes) is 1. The summed E-state index contributed by atoms with van der Waals surface area (Å²) in [5.41, 5.74) is 6.28. The molecule has 0 saturated heterocycles. The highest BCUT2D eigenvalue weighted by atomic mass is 16.2. The van der Waals surface area contributed by atoms with Crippen LogP contribution in [0.5, 0.6) is 0 Å². The number of aromatic amines is 1. The smallest absolute Gasteiger partial charge is 0.330 e. The van der Waals surface area contributed by atoms with E-state index in [2.05, 4.69) is 10.3 Å². The average Bonchev–Trinajstić information content (AvgIpc) is 2.86. The predicted molar refractivity (Wildman–Crippen MR) is 136 cm³/mol. The summed E-state index contributed by atoms with van der Waals surface area (Å²) >= 11 is 0. The topological polar surface area (TPSA) is 130 Å². The maximum absolute atomic E-state index is 13.3. The van der Waals surface area contributed by atoms with Crippen molar-refractivity contribution in [2.75, 3.05) is 17.2 Å². The molecule has 35 heavy (non-hydrogen) atoms. The van der Waals surface area contributed by atoms with Crippen molar-refractivity contribution >= 4 is 23.3 Å². The van der Waals surface area contributed by atoms with Gasteiger partial charge in [0, 0.05) is 25.1 Å². The average molecular weight is 478 g/mol. The number of nitrogens with one attached hydrogen (secondary N) is 2. The molecule has 1 heterocycles. The van der Waals surface area contributed by atoms with Crippen LogP contribution < -0.4 is 27.2 Å². The lowest BCUT2D eigenvalue weighted by Crippen LogP contribution is -2.41. The summed E-state index contributed by atoms with van der Waals surface area (Å²) in [6, 6.07) is 18.0. The first-order valence-electron chi connectivity index (χ1n) is 11.7. The van der Waals surface area contributed by atoms with Crippen LogP contribution in [-0.4, -0.2) is 27.9 Å². The second-order valence-electron chi connectivity index (χ2n) is 8.19. The van der Waals surface area contributed by atoms with Crippen LogP contribution in [0.3, 0.4) is 0 Å². The summed E-state index contributed by atoms with van der Waals surface area (Å²) in [6.07, 6.45) is 1.98. The van der Waals surface area contributed by atoms with Crippen LogP contribution in [0.1, 0.15) is 48.5 Å². The Labute approximate surface area is 203 Å². The van der Waals surface area contributed by atoms with E-state index in [1.165, 1.54) is 9.47 Å². The Morgan fingerprint density at radius 2 is 1.66 bits per heavy atom. The van der Waals surface area contributed by atoms with E-state index in [1.54, 1.807) is 24.3 Å². The summed E-state index contributed by atoms with van der Waals surface area (Å²) < 4.78 is 1.30. The number of nitrogen functional groups attached to an aromatic ring is 1. The van der Waals surface area contributed by atoms with Gasteiger partial charge in [-0.1, -0.05) is 61.9 Å². The van der Waals surface area contributed by atoms with Gasteiger partial charge in [0.15, 0.2) is 5.69 Å². The molecule has 0 aliphatic carbocycles. The number of rotatable bonds is 11. The van der Waals surface area contributed by atoms with E-state index in [-0.39, 0.29) is 36.3 Å². The van der Waals surface area contributed by atoms with Crippen molar-refractivity contribution < 1.29 is 9.59 Å². The first-order valence-corrected chi connectivity index (χ1v) is 11.7. The zero-order valence-electron chi connectivity index (χ0n) is 19.8. The molecule has 0 aliphatic rings. The highest BCUT2D eigenvalue weighted by Gasteiger charge is 2.24. The fraction of sp³-hybridized carbons (Fsp3) is 0.308. The first kappa shape index (κ1) is 25.5. The van der Waals surface area contributed by atoms with Gasteiger partial charge < -0.3 is 16.0 Å². The molecule has 3 aromatic rings. The van der Waals surface area contributed by atoms with Crippen molar-refractivity contribution in [3.63, 3.8) is 0 Å². The van der Waals surface area contributed by atoms with Crippen molar-refractivity contribution in [3.05, 3.63) is 92.6 Å². The molecule has 0 unspecified atom stereocenters. The van der Waals surface area contributed by atoms with E-state index >= 15 is 0 Å². The fourth-order valence-electron chi connectivity index (χ4n) is 3.70. The van der Waals surface area contributed by atoms with E-state index < -0.39 is 11.2 Å². The molecule has 1 aromatic heterocycles. The predicted octanol–water partition coefficient (Wildman–Crippen LogP) is 2.66. The maximum atomic E-state index is 13.3. The minimum Gasteiger partial charge on any atom is -0.383 e. The van der Waals surface area contributed by atoms with Crippen molar-refractivity contribution in [1.82, 2.24) is 14.9 Å². The fourth-order valence-corrected chi connectivity index (χ4v) is 3.70. The van der Waals surface area contributed by atoms with Crippen LogP contribution in [0.25, 0.3) is 0 Å². The van der Waals surface area contributed by atoms with Gasteiger partial charge in [-0.05, 0) is 30.5 Å². The Morgan fingerprint density at radius 1 is 1.00 bits per heavy atom. The van der Waals surface area contributed by atoms with Crippen molar-refractivity contribution in [1.29, 1.82) is 0 Å². The molecule has 0 fully saturated rings. The summed E-state index contributed by atoms with van der Waals surface area (Å²) in [5.74, 6) is -0.586. The molecule has 9 nitrogen and oxygen atoms in total. The van der Waals surface area contributed by atoms with Crippen LogP contribution in [0, 0.1) is 0 Å². The van der Waals surface area contributed by atoms with Gasteiger partial charge in [0.2, 0.25) is 5.91 Å². The van der Waals surface area contributed by atoms with Gasteiger partial charge in [-0.25, -0.2) is 4.79 Å². The normalized spacial score (nSPS) is 10.7.